The first-order valence-corrected chi connectivity index (χ1v) is 12.7. The van der Waals surface area contributed by atoms with Crippen LogP contribution in [0.15, 0.2) is 23.0 Å². The summed E-state index contributed by atoms with van der Waals surface area (Å²) in [7, 11) is 1.70. The van der Waals surface area contributed by atoms with Gasteiger partial charge < -0.3 is 10.2 Å². The summed E-state index contributed by atoms with van der Waals surface area (Å²) in [6.07, 6.45) is 4.95. The van der Waals surface area contributed by atoms with Crippen LogP contribution < -0.4 is 16.3 Å². The summed E-state index contributed by atoms with van der Waals surface area (Å²) in [4.78, 5) is 51.4. The Labute approximate surface area is 206 Å². The lowest BCUT2D eigenvalue weighted by Gasteiger charge is -2.30. The third-order valence-electron chi connectivity index (χ3n) is 6.66. The maximum atomic E-state index is 13.0. The molecule has 0 bridgehead atoms. The van der Waals surface area contributed by atoms with E-state index in [1.807, 2.05) is 23.1 Å². The van der Waals surface area contributed by atoms with Crippen LogP contribution in [0.4, 0.5) is 5.69 Å². The molecule has 9 nitrogen and oxygen atoms in total. The zero-order valence-corrected chi connectivity index (χ0v) is 21.6. The van der Waals surface area contributed by atoms with Gasteiger partial charge in [-0.25, -0.2) is 4.79 Å². The Morgan fingerprint density at radius 3 is 2.43 bits per heavy atom. The van der Waals surface area contributed by atoms with Gasteiger partial charge in [0.2, 0.25) is 17.7 Å². The molecule has 1 atom stereocenters. The Balaban J connectivity index is 1.56. The van der Waals surface area contributed by atoms with Gasteiger partial charge in [0.05, 0.1) is 16.7 Å². The number of aryl methyl sites for hydroxylation is 1. The second-order valence-corrected chi connectivity index (χ2v) is 9.93. The fraction of sp³-hybridized carbons (Fsp3) is 0.615. The molecule has 1 fully saturated rings. The summed E-state index contributed by atoms with van der Waals surface area (Å²) in [5.74, 6) is -0.512. The fourth-order valence-corrected chi connectivity index (χ4v) is 5.09. The summed E-state index contributed by atoms with van der Waals surface area (Å²) in [6.45, 7) is 8.96. The number of nitrogens with zero attached hydrogens (tertiary/aromatic N) is 3. The summed E-state index contributed by atoms with van der Waals surface area (Å²) in [6, 6.07) is 5.38. The zero-order valence-electron chi connectivity index (χ0n) is 21.6. The molecular formula is C26H39N5O4. The van der Waals surface area contributed by atoms with Crippen molar-refractivity contribution in [2.75, 3.05) is 11.9 Å². The Morgan fingerprint density at radius 2 is 1.77 bits per heavy atom. The molecule has 3 amide bonds. The highest BCUT2D eigenvalue weighted by Crippen LogP contribution is 2.27. The molecule has 2 aromatic rings. The molecule has 1 saturated heterocycles. The molecule has 9 heteroatoms. The van der Waals surface area contributed by atoms with Crippen LogP contribution in [0.25, 0.3) is 11.0 Å². The van der Waals surface area contributed by atoms with Crippen LogP contribution in [0.5, 0.6) is 0 Å². The van der Waals surface area contributed by atoms with E-state index in [1.165, 1.54) is 4.57 Å². The van der Waals surface area contributed by atoms with E-state index in [0.29, 0.717) is 18.4 Å². The number of para-hydroxylation sites is 1. The lowest BCUT2D eigenvalue weighted by atomic mass is 10.1. The van der Waals surface area contributed by atoms with Gasteiger partial charge in [0.25, 0.3) is 0 Å². The van der Waals surface area contributed by atoms with E-state index in [0.717, 1.165) is 43.4 Å². The number of imide groups is 1. The quantitative estimate of drug-likeness (QED) is 0.375. The van der Waals surface area contributed by atoms with Crippen LogP contribution >= 0.6 is 0 Å². The third kappa shape index (κ3) is 5.94. The third-order valence-corrected chi connectivity index (χ3v) is 6.66. The molecule has 35 heavy (non-hydrogen) atoms. The average molecular weight is 486 g/mol. The number of rotatable bonds is 11. The molecule has 0 aliphatic carbocycles. The number of fused-ring (bicyclic) bond motifs is 1. The minimum atomic E-state index is -0.691. The lowest BCUT2D eigenvalue weighted by Crippen LogP contribution is -2.44. The van der Waals surface area contributed by atoms with Gasteiger partial charge in [-0.05, 0) is 59.1 Å². The molecule has 1 aromatic heterocycles. The number of carbonyl (C=O) groups is 3. The van der Waals surface area contributed by atoms with Gasteiger partial charge in [0, 0.05) is 38.5 Å². The predicted octanol–water partition coefficient (Wildman–Crippen LogP) is 3.33. The van der Waals surface area contributed by atoms with Gasteiger partial charge in [-0.15, -0.1) is 0 Å². The van der Waals surface area contributed by atoms with Crippen LogP contribution in [-0.2, 0) is 21.4 Å². The molecule has 2 N–H and O–H groups in total. The van der Waals surface area contributed by atoms with Gasteiger partial charge in [-0.2, -0.15) is 0 Å². The minimum Gasteiger partial charge on any atom is -0.383 e. The van der Waals surface area contributed by atoms with Crippen molar-refractivity contribution in [1.82, 2.24) is 19.4 Å². The van der Waals surface area contributed by atoms with E-state index in [-0.39, 0.29) is 36.0 Å². The Morgan fingerprint density at radius 1 is 1.09 bits per heavy atom. The number of carbonyl (C=O) groups excluding carboxylic acids is 3. The van der Waals surface area contributed by atoms with Crippen molar-refractivity contribution in [3.05, 3.63) is 28.7 Å². The Kier molecular flexibility index (Phi) is 8.75. The topological polar surface area (TPSA) is 105 Å². The number of piperidine rings is 1. The van der Waals surface area contributed by atoms with E-state index in [1.54, 1.807) is 11.6 Å². The van der Waals surface area contributed by atoms with Crippen molar-refractivity contribution in [1.29, 1.82) is 0 Å². The van der Waals surface area contributed by atoms with Crippen molar-refractivity contribution in [3.63, 3.8) is 0 Å². The number of benzene rings is 1. The smallest absolute Gasteiger partial charge is 0.329 e. The molecular weight excluding hydrogens is 446 g/mol. The second-order valence-electron chi connectivity index (χ2n) is 9.93. The monoisotopic (exact) mass is 485 g/mol. The first kappa shape index (κ1) is 26.5. The number of imidazole rings is 1. The Hall–Kier alpha value is -3.10. The molecule has 1 aliphatic heterocycles. The summed E-state index contributed by atoms with van der Waals surface area (Å²) >= 11 is 0. The number of anilines is 1. The number of hydrogen-bond acceptors (Lipinski definition) is 5. The Bertz CT molecular complexity index is 1120. The summed E-state index contributed by atoms with van der Waals surface area (Å²) in [5.41, 5.74) is 1.99. The van der Waals surface area contributed by atoms with E-state index >= 15 is 0 Å². The number of amides is 3. The van der Waals surface area contributed by atoms with Crippen molar-refractivity contribution in [3.8, 4) is 0 Å². The number of unbranched alkanes of at least 4 members (excludes halogenated alkanes) is 3. The summed E-state index contributed by atoms with van der Waals surface area (Å²) < 4.78 is 3.05. The first-order chi connectivity index (χ1) is 16.6. The van der Waals surface area contributed by atoms with Gasteiger partial charge in [-0.1, -0.05) is 18.9 Å². The molecule has 0 saturated carbocycles. The lowest BCUT2D eigenvalue weighted by molar-refractivity contribution is -0.136. The van der Waals surface area contributed by atoms with Crippen molar-refractivity contribution < 1.29 is 14.4 Å². The molecule has 1 aromatic carbocycles. The molecule has 1 unspecified atom stereocenters. The molecule has 3 rings (SSSR count). The average Bonchev–Trinajstić information content (AvgIpc) is 3.03. The normalized spacial score (nSPS) is 16.3. The van der Waals surface area contributed by atoms with Gasteiger partial charge in [0.1, 0.15) is 6.04 Å². The molecule has 0 spiro atoms. The highest BCUT2D eigenvalue weighted by atomic mass is 16.2. The standard InChI is InChI=1S/C26H39N5O4/c1-17(2)30(18(3)4)23(33)13-8-6-7-9-16-27-19-11-10-12-20-24(19)29(5)26(35)31(20)21-14-15-22(32)28-25(21)34/h10-12,17-18,21,27H,6-9,13-16H2,1-5H3,(H,28,32,34). The van der Waals surface area contributed by atoms with E-state index in [4.69, 9.17) is 0 Å². The van der Waals surface area contributed by atoms with Gasteiger partial charge >= 0.3 is 5.69 Å². The van der Waals surface area contributed by atoms with Crippen molar-refractivity contribution >= 4 is 34.4 Å². The van der Waals surface area contributed by atoms with E-state index < -0.39 is 11.9 Å². The van der Waals surface area contributed by atoms with Crippen LogP contribution in [0.3, 0.4) is 0 Å². The SMILES string of the molecule is CC(C)N(C(=O)CCCCCCNc1cccc2c1n(C)c(=O)n2C1CCC(=O)NC1=O)C(C)C. The number of hydrogen-bond donors (Lipinski definition) is 2. The van der Waals surface area contributed by atoms with Gasteiger partial charge in [0.15, 0.2) is 0 Å². The predicted molar refractivity (Wildman–Crippen MR) is 137 cm³/mol. The maximum Gasteiger partial charge on any atom is 0.329 e. The second kappa shape index (κ2) is 11.6. The van der Waals surface area contributed by atoms with Crippen LogP contribution in [0.2, 0.25) is 0 Å². The highest BCUT2D eigenvalue weighted by molar-refractivity contribution is 6.00. The highest BCUT2D eigenvalue weighted by Gasteiger charge is 2.31. The summed E-state index contributed by atoms with van der Waals surface area (Å²) in [5, 5.41) is 5.77. The molecule has 192 valence electrons. The van der Waals surface area contributed by atoms with E-state index in [2.05, 4.69) is 38.3 Å². The van der Waals surface area contributed by atoms with E-state index in [9.17, 15) is 19.2 Å². The molecule has 1 aliphatic rings. The zero-order chi connectivity index (χ0) is 25.7. The van der Waals surface area contributed by atoms with Gasteiger partial charge in [-0.3, -0.25) is 28.8 Å². The van der Waals surface area contributed by atoms with Crippen molar-refractivity contribution in [2.24, 2.45) is 7.05 Å². The molecule has 2 heterocycles. The number of aromatic nitrogens is 2. The minimum absolute atomic E-state index is 0.218. The maximum absolute atomic E-state index is 13.0. The largest absolute Gasteiger partial charge is 0.383 e. The number of nitrogens with one attached hydrogen (secondary N) is 2. The van der Waals surface area contributed by atoms with Crippen molar-refractivity contribution in [2.45, 2.75) is 90.8 Å². The fourth-order valence-electron chi connectivity index (χ4n) is 5.09. The molecule has 0 radical (unpaired) electrons. The van der Waals surface area contributed by atoms with Crippen LogP contribution in [0, 0.1) is 0 Å². The van der Waals surface area contributed by atoms with Crippen LogP contribution in [-0.4, -0.2) is 50.4 Å². The first-order valence-electron chi connectivity index (χ1n) is 12.7. The van der Waals surface area contributed by atoms with Crippen LogP contribution in [0.1, 0.15) is 78.7 Å².